The molecule has 1 aromatic carbocycles. The molecule has 1 fully saturated rings. The van der Waals surface area contributed by atoms with Gasteiger partial charge in [0, 0.05) is 0 Å². The zero-order chi connectivity index (χ0) is 16.9. The van der Waals surface area contributed by atoms with Gasteiger partial charge in [-0.25, -0.2) is 9.18 Å². The molecule has 0 aromatic heterocycles. The number of β-lactam (4-membered cyclic amide) rings is 1. The SMILES string of the molecule is COc1ccc(C2=C(C(=O)O)N3C(=O)[C@@H]([C@@H](C)O)[C@H]3C2)cc1F. The maximum Gasteiger partial charge on any atom is 0.352 e. The lowest BCUT2D eigenvalue weighted by Crippen LogP contribution is -2.61. The summed E-state index contributed by atoms with van der Waals surface area (Å²) in [6, 6.07) is 3.79. The highest BCUT2D eigenvalue weighted by Gasteiger charge is 2.56. The number of hydrogen-bond acceptors (Lipinski definition) is 4. The largest absolute Gasteiger partial charge is 0.494 e. The van der Waals surface area contributed by atoms with Crippen molar-refractivity contribution >= 4 is 17.4 Å². The Hall–Kier alpha value is -2.41. The summed E-state index contributed by atoms with van der Waals surface area (Å²) in [4.78, 5) is 24.9. The lowest BCUT2D eigenvalue weighted by Gasteiger charge is -2.44. The Kier molecular flexibility index (Phi) is 3.60. The van der Waals surface area contributed by atoms with Crippen molar-refractivity contribution in [1.29, 1.82) is 0 Å². The first-order valence-corrected chi connectivity index (χ1v) is 7.18. The molecule has 3 atom stereocenters. The minimum absolute atomic E-state index is 0.0606. The first-order valence-electron chi connectivity index (χ1n) is 7.18. The third-order valence-corrected chi connectivity index (χ3v) is 4.43. The minimum atomic E-state index is -1.24. The van der Waals surface area contributed by atoms with Gasteiger partial charge in [-0.15, -0.1) is 0 Å². The number of aliphatic carboxylic acids is 1. The van der Waals surface area contributed by atoms with Crippen LogP contribution in [-0.2, 0) is 9.59 Å². The predicted molar refractivity (Wildman–Crippen MR) is 77.9 cm³/mol. The van der Waals surface area contributed by atoms with Gasteiger partial charge in [0.15, 0.2) is 11.6 Å². The van der Waals surface area contributed by atoms with Gasteiger partial charge < -0.3 is 19.8 Å². The van der Waals surface area contributed by atoms with Gasteiger partial charge in [0.25, 0.3) is 0 Å². The van der Waals surface area contributed by atoms with E-state index in [9.17, 15) is 24.2 Å². The molecule has 0 radical (unpaired) electrons. The third-order valence-electron chi connectivity index (χ3n) is 4.43. The van der Waals surface area contributed by atoms with Crippen LogP contribution < -0.4 is 4.74 Å². The Labute approximate surface area is 131 Å². The highest BCUT2D eigenvalue weighted by Crippen LogP contribution is 2.47. The summed E-state index contributed by atoms with van der Waals surface area (Å²) in [7, 11) is 1.34. The minimum Gasteiger partial charge on any atom is -0.494 e. The fourth-order valence-corrected chi connectivity index (χ4v) is 3.38. The van der Waals surface area contributed by atoms with Crippen molar-refractivity contribution < 1.29 is 28.9 Å². The molecule has 6 nitrogen and oxygen atoms in total. The molecule has 122 valence electrons. The zero-order valence-corrected chi connectivity index (χ0v) is 12.6. The second-order valence-corrected chi connectivity index (χ2v) is 5.73. The van der Waals surface area contributed by atoms with Crippen molar-refractivity contribution in [1.82, 2.24) is 4.90 Å². The van der Waals surface area contributed by atoms with Crippen LogP contribution in [0.3, 0.4) is 0 Å². The Morgan fingerprint density at radius 2 is 2.17 bits per heavy atom. The van der Waals surface area contributed by atoms with E-state index in [2.05, 4.69) is 0 Å². The molecule has 3 rings (SSSR count). The van der Waals surface area contributed by atoms with Gasteiger partial charge in [0.2, 0.25) is 5.91 Å². The van der Waals surface area contributed by atoms with Crippen LogP contribution in [0.15, 0.2) is 23.9 Å². The van der Waals surface area contributed by atoms with Gasteiger partial charge in [-0.3, -0.25) is 4.79 Å². The Morgan fingerprint density at radius 1 is 1.48 bits per heavy atom. The van der Waals surface area contributed by atoms with E-state index >= 15 is 0 Å². The maximum absolute atomic E-state index is 13.9. The highest BCUT2D eigenvalue weighted by molar-refractivity contribution is 6.06. The quantitative estimate of drug-likeness (QED) is 0.815. The topological polar surface area (TPSA) is 87.1 Å². The number of carbonyl (C=O) groups excluding carboxylic acids is 1. The monoisotopic (exact) mass is 321 g/mol. The van der Waals surface area contributed by atoms with Gasteiger partial charge in [-0.2, -0.15) is 0 Å². The fourth-order valence-electron chi connectivity index (χ4n) is 3.38. The van der Waals surface area contributed by atoms with Gasteiger partial charge >= 0.3 is 5.97 Å². The lowest BCUT2D eigenvalue weighted by molar-refractivity contribution is -0.161. The third kappa shape index (κ3) is 2.19. The molecule has 1 aromatic rings. The van der Waals surface area contributed by atoms with E-state index in [0.717, 1.165) is 0 Å². The van der Waals surface area contributed by atoms with Crippen LogP contribution in [0.2, 0.25) is 0 Å². The molecule has 2 N–H and O–H groups in total. The fraction of sp³-hybridized carbons (Fsp3) is 0.375. The molecule has 0 saturated carbocycles. The number of carboxylic acid groups (broad SMARTS) is 1. The molecule has 2 heterocycles. The standard InChI is InChI=1S/C16H16FNO5/c1-7(19)13-11-6-9(14(16(21)22)18(11)15(13)20)8-3-4-12(23-2)10(17)5-8/h3-5,7,11,13,19H,6H2,1-2H3,(H,21,22)/t7-,11-,13+/m1/s1. The van der Waals surface area contributed by atoms with E-state index < -0.39 is 35.8 Å². The van der Waals surface area contributed by atoms with Crippen LogP contribution >= 0.6 is 0 Å². The summed E-state index contributed by atoms with van der Waals surface area (Å²) in [6.45, 7) is 1.51. The van der Waals surface area contributed by atoms with E-state index in [4.69, 9.17) is 4.74 Å². The van der Waals surface area contributed by atoms with Crippen LogP contribution in [0.5, 0.6) is 5.75 Å². The number of nitrogens with zero attached hydrogens (tertiary/aromatic N) is 1. The number of halogens is 1. The number of amides is 1. The first kappa shape index (κ1) is 15.5. The maximum atomic E-state index is 13.9. The molecular formula is C16H16FNO5. The van der Waals surface area contributed by atoms with Gasteiger partial charge in [0.05, 0.1) is 25.2 Å². The predicted octanol–water partition coefficient (Wildman–Crippen LogP) is 1.24. The van der Waals surface area contributed by atoms with Gasteiger partial charge in [-0.1, -0.05) is 6.07 Å². The number of carboxylic acids is 1. The van der Waals surface area contributed by atoms with Crippen LogP contribution in [-0.4, -0.2) is 46.2 Å². The van der Waals surface area contributed by atoms with E-state index in [1.165, 1.54) is 31.1 Å². The average molecular weight is 321 g/mol. The number of rotatable bonds is 4. The van der Waals surface area contributed by atoms with Gasteiger partial charge in [0.1, 0.15) is 5.70 Å². The van der Waals surface area contributed by atoms with Crippen molar-refractivity contribution in [3.05, 3.63) is 35.3 Å². The molecule has 0 spiro atoms. The smallest absolute Gasteiger partial charge is 0.352 e. The summed E-state index contributed by atoms with van der Waals surface area (Å²) in [5, 5.41) is 19.1. The van der Waals surface area contributed by atoms with Crippen LogP contribution in [0.4, 0.5) is 4.39 Å². The van der Waals surface area contributed by atoms with Crippen LogP contribution in [0.1, 0.15) is 18.9 Å². The molecule has 1 amide bonds. The van der Waals surface area contributed by atoms with Crippen LogP contribution in [0.25, 0.3) is 5.57 Å². The number of ether oxygens (including phenoxy) is 1. The number of hydrogen-bond donors (Lipinski definition) is 2. The molecule has 0 aliphatic carbocycles. The normalized spacial score (nSPS) is 24.3. The second kappa shape index (κ2) is 5.34. The molecular weight excluding hydrogens is 305 g/mol. The summed E-state index contributed by atoms with van der Waals surface area (Å²) < 4.78 is 18.8. The number of fused-ring (bicyclic) bond motifs is 1. The molecule has 23 heavy (non-hydrogen) atoms. The molecule has 0 bridgehead atoms. The lowest BCUT2D eigenvalue weighted by atomic mass is 9.82. The number of aliphatic hydroxyl groups is 1. The second-order valence-electron chi connectivity index (χ2n) is 5.73. The first-order chi connectivity index (χ1) is 10.9. The number of methoxy groups -OCH3 is 1. The Morgan fingerprint density at radius 3 is 2.70 bits per heavy atom. The van der Waals surface area contributed by atoms with E-state index in [-0.39, 0.29) is 17.9 Å². The van der Waals surface area contributed by atoms with E-state index in [1.807, 2.05) is 0 Å². The molecule has 7 heteroatoms. The van der Waals surface area contributed by atoms with Gasteiger partial charge in [-0.05, 0) is 36.6 Å². The molecule has 0 unspecified atom stereocenters. The summed E-state index contributed by atoms with van der Waals surface area (Å²) in [6.07, 6.45) is -0.583. The average Bonchev–Trinajstić information content (AvgIpc) is 2.82. The number of carbonyl (C=O) groups is 2. The van der Waals surface area contributed by atoms with Crippen molar-refractivity contribution in [3.8, 4) is 5.75 Å². The van der Waals surface area contributed by atoms with E-state index in [1.54, 1.807) is 6.07 Å². The van der Waals surface area contributed by atoms with Crippen molar-refractivity contribution in [3.63, 3.8) is 0 Å². The molecule has 2 aliphatic rings. The Balaban J connectivity index is 2.03. The highest BCUT2D eigenvalue weighted by atomic mass is 19.1. The van der Waals surface area contributed by atoms with Crippen molar-refractivity contribution in [2.75, 3.05) is 7.11 Å². The van der Waals surface area contributed by atoms with Crippen LogP contribution in [0, 0.1) is 11.7 Å². The summed E-state index contributed by atoms with van der Waals surface area (Å²) in [5.41, 5.74) is 0.647. The van der Waals surface area contributed by atoms with Crippen molar-refractivity contribution in [2.45, 2.75) is 25.5 Å². The van der Waals surface area contributed by atoms with Crippen molar-refractivity contribution in [2.24, 2.45) is 5.92 Å². The summed E-state index contributed by atoms with van der Waals surface area (Å²) >= 11 is 0. The number of benzene rings is 1. The zero-order valence-electron chi connectivity index (χ0n) is 12.6. The van der Waals surface area contributed by atoms with E-state index in [0.29, 0.717) is 11.1 Å². The molecule has 1 saturated heterocycles. The Bertz CT molecular complexity index is 727. The number of aliphatic hydroxyl groups excluding tert-OH is 1. The molecule has 2 aliphatic heterocycles. The summed E-state index contributed by atoms with van der Waals surface area (Å²) in [5.74, 6) is -2.81.